The summed E-state index contributed by atoms with van der Waals surface area (Å²) in [6.45, 7) is 3.37. The number of halogens is 1. The molecule has 10 heteroatoms. The maximum Gasteiger partial charge on any atom is 0.264 e. The summed E-state index contributed by atoms with van der Waals surface area (Å²) < 4.78 is 44.1. The Morgan fingerprint density at radius 2 is 1.61 bits per heavy atom. The van der Waals surface area contributed by atoms with Crippen LogP contribution in [0.1, 0.15) is 12.5 Å². The van der Waals surface area contributed by atoms with Crippen molar-refractivity contribution in [1.29, 1.82) is 0 Å². The number of aryl methyl sites for hydroxylation is 1. The van der Waals surface area contributed by atoms with Crippen molar-refractivity contribution < 1.29 is 27.4 Å². The third-order valence-corrected chi connectivity index (χ3v) is 7.37. The Balaban J connectivity index is 1.77. The maximum atomic E-state index is 13.5. The fourth-order valence-corrected chi connectivity index (χ4v) is 5.01. The number of ether oxygens (including phenoxy) is 3. The van der Waals surface area contributed by atoms with Gasteiger partial charge >= 0.3 is 0 Å². The first-order valence-corrected chi connectivity index (χ1v) is 12.9. The topological polar surface area (TPSA) is 94.2 Å². The number of carbonyl (C=O) groups is 1. The first-order chi connectivity index (χ1) is 17.1. The number of hydrogen-bond donors (Lipinski definition) is 1. The number of rotatable bonds is 11. The maximum absolute atomic E-state index is 13.5. The van der Waals surface area contributed by atoms with Crippen molar-refractivity contribution in [3.05, 3.63) is 77.3 Å². The Morgan fingerprint density at radius 1 is 0.972 bits per heavy atom. The predicted octanol–water partition coefficient (Wildman–Crippen LogP) is 4.44. The molecule has 1 amide bonds. The fourth-order valence-electron chi connectivity index (χ4n) is 3.35. The van der Waals surface area contributed by atoms with Crippen LogP contribution in [0.2, 0.25) is 5.02 Å². The molecule has 0 radical (unpaired) electrons. The predicted molar refractivity (Wildman–Crippen MR) is 140 cm³/mol. The van der Waals surface area contributed by atoms with Gasteiger partial charge < -0.3 is 19.5 Å². The van der Waals surface area contributed by atoms with Crippen molar-refractivity contribution in [2.45, 2.75) is 24.8 Å². The zero-order valence-corrected chi connectivity index (χ0v) is 22.1. The van der Waals surface area contributed by atoms with E-state index in [1.807, 2.05) is 6.92 Å². The average molecular weight is 533 g/mol. The van der Waals surface area contributed by atoms with Gasteiger partial charge in [-0.3, -0.25) is 9.10 Å². The molecule has 3 rings (SSSR count). The highest BCUT2D eigenvalue weighted by atomic mass is 35.5. The lowest BCUT2D eigenvalue weighted by atomic mass is 10.2. The molecule has 0 aromatic heterocycles. The van der Waals surface area contributed by atoms with Crippen molar-refractivity contribution in [2.24, 2.45) is 0 Å². The molecular formula is C26H29ClN2O6S. The van der Waals surface area contributed by atoms with Crippen LogP contribution >= 0.6 is 11.6 Å². The van der Waals surface area contributed by atoms with Gasteiger partial charge in [-0.05, 0) is 68.4 Å². The highest BCUT2D eigenvalue weighted by molar-refractivity contribution is 7.92. The lowest BCUT2D eigenvalue weighted by Gasteiger charge is -2.25. The molecule has 1 N–H and O–H groups in total. The number of carbonyl (C=O) groups excluding carboxylic acids is 1. The van der Waals surface area contributed by atoms with Gasteiger partial charge in [0.2, 0.25) is 5.91 Å². The van der Waals surface area contributed by atoms with E-state index in [0.717, 1.165) is 9.87 Å². The van der Waals surface area contributed by atoms with Gasteiger partial charge in [0, 0.05) is 0 Å². The average Bonchev–Trinajstić information content (AvgIpc) is 2.86. The standard InChI is InChI=1S/C26H29ClN2O6S/c1-18-5-12-23(13-6-18)36(31,32)29(20-7-14-25(34-4)24(27)15-20)16-26(30)28-19(2)17-35-22-10-8-21(33-3)9-11-22/h5-15,19H,16-17H2,1-4H3,(H,28,30). The molecule has 0 fully saturated rings. The number of amides is 1. The third kappa shape index (κ3) is 6.83. The number of benzene rings is 3. The van der Waals surface area contributed by atoms with Gasteiger partial charge in [0.05, 0.1) is 35.9 Å². The van der Waals surface area contributed by atoms with E-state index < -0.39 is 22.5 Å². The second-order valence-corrected chi connectivity index (χ2v) is 10.4. The van der Waals surface area contributed by atoms with Crippen LogP contribution in [0, 0.1) is 6.92 Å². The quantitative estimate of drug-likeness (QED) is 0.392. The molecule has 0 aliphatic carbocycles. The normalized spacial score (nSPS) is 11.9. The molecule has 0 spiro atoms. The second kappa shape index (κ2) is 12.0. The number of nitrogens with zero attached hydrogens (tertiary/aromatic N) is 1. The highest BCUT2D eigenvalue weighted by Gasteiger charge is 2.28. The molecule has 0 aliphatic rings. The minimum atomic E-state index is -4.07. The summed E-state index contributed by atoms with van der Waals surface area (Å²) in [5, 5.41) is 3.01. The lowest BCUT2D eigenvalue weighted by Crippen LogP contribution is -2.45. The van der Waals surface area contributed by atoms with Crippen molar-refractivity contribution in [3.63, 3.8) is 0 Å². The van der Waals surface area contributed by atoms with E-state index in [1.165, 1.54) is 25.3 Å². The zero-order valence-electron chi connectivity index (χ0n) is 20.5. The first-order valence-electron chi connectivity index (χ1n) is 11.1. The number of methoxy groups -OCH3 is 2. The SMILES string of the molecule is COc1ccc(OCC(C)NC(=O)CN(c2ccc(OC)c(Cl)c2)S(=O)(=O)c2ccc(C)cc2)cc1. The number of nitrogens with one attached hydrogen (secondary N) is 1. The number of sulfonamides is 1. The molecule has 3 aromatic rings. The highest BCUT2D eigenvalue weighted by Crippen LogP contribution is 2.32. The fraction of sp³-hybridized carbons (Fsp3) is 0.269. The van der Waals surface area contributed by atoms with Gasteiger partial charge in [-0.1, -0.05) is 29.3 Å². The van der Waals surface area contributed by atoms with Gasteiger partial charge in [0.1, 0.15) is 30.4 Å². The van der Waals surface area contributed by atoms with E-state index in [2.05, 4.69) is 5.32 Å². The number of hydrogen-bond acceptors (Lipinski definition) is 6. The van der Waals surface area contributed by atoms with Gasteiger partial charge in [0.25, 0.3) is 10.0 Å². The first kappa shape index (κ1) is 27.2. The van der Waals surface area contributed by atoms with Gasteiger partial charge in [0.15, 0.2) is 0 Å². The van der Waals surface area contributed by atoms with Crippen LogP contribution in [0.25, 0.3) is 0 Å². The Morgan fingerprint density at radius 3 is 2.19 bits per heavy atom. The van der Waals surface area contributed by atoms with Crippen molar-refractivity contribution in [3.8, 4) is 17.2 Å². The van der Waals surface area contributed by atoms with Crippen LogP contribution < -0.4 is 23.8 Å². The summed E-state index contributed by atoms with van der Waals surface area (Å²) in [5.41, 5.74) is 1.15. The van der Waals surface area contributed by atoms with Crippen LogP contribution in [0.15, 0.2) is 71.6 Å². The van der Waals surface area contributed by atoms with Crippen LogP contribution in [0.4, 0.5) is 5.69 Å². The Hall–Kier alpha value is -3.43. The summed E-state index contributed by atoms with van der Waals surface area (Å²) in [7, 11) is -1.03. The van der Waals surface area contributed by atoms with Crippen LogP contribution in [0.5, 0.6) is 17.2 Å². The summed E-state index contributed by atoms with van der Waals surface area (Å²) >= 11 is 6.26. The molecule has 0 heterocycles. The molecule has 0 bridgehead atoms. The number of anilines is 1. The monoisotopic (exact) mass is 532 g/mol. The van der Waals surface area contributed by atoms with E-state index in [4.69, 9.17) is 25.8 Å². The van der Waals surface area contributed by atoms with Crippen LogP contribution in [-0.2, 0) is 14.8 Å². The molecule has 0 aliphatic heterocycles. The minimum Gasteiger partial charge on any atom is -0.497 e. The van der Waals surface area contributed by atoms with Crippen LogP contribution in [0.3, 0.4) is 0 Å². The molecule has 1 unspecified atom stereocenters. The molecule has 0 saturated carbocycles. The molecule has 192 valence electrons. The molecule has 36 heavy (non-hydrogen) atoms. The summed E-state index contributed by atoms with van der Waals surface area (Å²) in [6.07, 6.45) is 0. The zero-order chi connectivity index (χ0) is 26.3. The van der Waals surface area contributed by atoms with E-state index in [1.54, 1.807) is 62.6 Å². The largest absolute Gasteiger partial charge is 0.497 e. The molecule has 3 aromatic carbocycles. The third-order valence-electron chi connectivity index (χ3n) is 5.29. The summed E-state index contributed by atoms with van der Waals surface area (Å²) in [5.74, 6) is 1.22. The lowest BCUT2D eigenvalue weighted by molar-refractivity contribution is -0.120. The summed E-state index contributed by atoms with van der Waals surface area (Å²) in [6, 6.07) is 17.6. The smallest absolute Gasteiger partial charge is 0.264 e. The van der Waals surface area contributed by atoms with E-state index in [9.17, 15) is 13.2 Å². The summed E-state index contributed by atoms with van der Waals surface area (Å²) in [4.78, 5) is 13.0. The van der Waals surface area contributed by atoms with Gasteiger partial charge in [-0.25, -0.2) is 8.42 Å². The van der Waals surface area contributed by atoms with Gasteiger partial charge in [-0.15, -0.1) is 0 Å². The van der Waals surface area contributed by atoms with Crippen molar-refractivity contribution in [1.82, 2.24) is 5.32 Å². The van der Waals surface area contributed by atoms with E-state index in [-0.39, 0.29) is 28.3 Å². The Labute approximate surface area is 216 Å². The molecular weight excluding hydrogens is 504 g/mol. The van der Waals surface area contributed by atoms with Crippen molar-refractivity contribution >= 4 is 33.2 Å². The second-order valence-electron chi connectivity index (χ2n) is 8.10. The molecule has 1 atom stereocenters. The van der Waals surface area contributed by atoms with Crippen LogP contribution in [-0.4, -0.2) is 47.7 Å². The van der Waals surface area contributed by atoms with E-state index >= 15 is 0 Å². The van der Waals surface area contributed by atoms with E-state index in [0.29, 0.717) is 17.2 Å². The van der Waals surface area contributed by atoms with Crippen molar-refractivity contribution in [2.75, 3.05) is 31.7 Å². The molecule has 8 nitrogen and oxygen atoms in total. The Kier molecular flexibility index (Phi) is 9.06. The minimum absolute atomic E-state index is 0.0590. The Bertz CT molecular complexity index is 1280. The van der Waals surface area contributed by atoms with Gasteiger partial charge in [-0.2, -0.15) is 0 Å². The molecule has 0 saturated heterocycles.